The van der Waals surface area contributed by atoms with Gasteiger partial charge in [-0.05, 0) is 30.8 Å². The van der Waals surface area contributed by atoms with Gasteiger partial charge < -0.3 is 9.73 Å². The van der Waals surface area contributed by atoms with Gasteiger partial charge in [-0.15, -0.1) is 10.2 Å². The normalized spacial score (nSPS) is 10.7. The summed E-state index contributed by atoms with van der Waals surface area (Å²) in [6.07, 6.45) is 0.744. The molecule has 0 saturated carbocycles. The lowest BCUT2D eigenvalue weighted by Gasteiger charge is -1.96. The Labute approximate surface area is 105 Å². The highest BCUT2D eigenvalue weighted by Crippen LogP contribution is 2.20. The Kier molecular flexibility index (Phi) is 4.12. The first-order valence-corrected chi connectivity index (χ1v) is 5.96. The second-order valence-electron chi connectivity index (χ2n) is 3.61. The molecule has 90 valence electrons. The van der Waals surface area contributed by atoms with E-state index >= 15 is 0 Å². The lowest BCUT2D eigenvalue weighted by molar-refractivity contribution is 0.496. The quantitative estimate of drug-likeness (QED) is 0.830. The molecule has 1 aromatic carbocycles. The fourth-order valence-corrected chi connectivity index (χ4v) is 1.56. The van der Waals surface area contributed by atoms with Crippen LogP contribution in [0.5, 0.6) is 0 Å². The fraction of sp³-hybridized carbons (Fsp3) is 0.333. The zero-order valence-electron chi connectivity index (χ0n) is 9.61. The average Bonchev–Trinajstić information content (AvgIpc) is 2.79. The van der Waals surface area contributed by atoms with Crippen molar-refractivity contribution in [1.82, 2.24) is 15.5 Å². The molecule has 0 spiro atoms. The van der Waals surface area contributed by atoms with Crippen LogP contribution in [0.1, 0.15) is 12.8 Å². The molecule has 1 aromatic heterocycles. The van der Waals surface area contributed by atoms with E-state index < -0.39 is 0 Å². The Hall–Kier alpha value is -1.39. The van der Waals surface area contributed by atoms with E-state index in [0.717, 1.165) is 25.1 Å². The van der Waals surface area contributed by atoms with Gasteiger partial charge >= 0.3 is 0 Å². The number of aromatic nitrogens is 2. The monoisotopic (exact) mass is 251 g/mol. The van der Waals surface area contributed by atoms with E-state index in [-0.39, 0.29) is 0 Å². The maximum atomic E-state index is 5.81. The molecular formula is C12H14ClN3O. The van der Waals surface area contributed by atoms with Crippen molar-refractivity contribution in [3.05, 3.63) is 35.2 Å². The van der Waals surface area contributed by atoms with Crippen LogP contribution in [0, 0.1) is 0 Å². The van der Waals surface area contributed by atoms with Gasteiger partial charge in [-0.25, -0.2) is 0 Å². The standard InChI is InChI=1S/C12H14ClN3O/c1-2-14-8-7-11-15-16-12(17-11)9-3-5-10(13)6-4-9/h3-6,14H,2,7-8H2,1H3. The van der Waals surface area contributed by atoms with Crippen LogP contribution in [0.3, 0.4) is 0 Å². The molecule has 0 radical (unpaired) electrons. The second-order valence-corrected chi connectivity index (χ2v) is 4.05. The highest BCUT2D eigenvalue weighted by Gasteiger charge is 2.07. The number of nitrogens with one attached hydrogen (secondary N) is 1. The van der Waals surface area contributed by atoms with Crippen molar-refractivity contribution in [1.29, 1.82) is 0 Å². The molecule has 4 nitrogen and oxygen atoms in total. The van der Waals surface area contributed by atoms with Gasteiger partial charge in [0.2, 0.25) is 11.8 Å². The lowest BCUT2D eigenvalue weighted by Crippen LogP contribution is -2.16. The summed E-state index contributed by atoms with van der Waals surface area (Å²) in [4.78, 5) is 0. The van der Waals surface area contributed by atoms with Crippen LogP contribution in [0.2, 0.25) is 5.02 Å². The number of rotatable bonds is 5. The van der Waals surface area contributed by atoms with Gasteiger partial charge in [0.25, 0.3) is 0 Å². The van der Waals surface area contributed by atoms with Crippen LogP contribution in [0.25, 0.3) is 11.5 Å². The number of benzene rings is 1. The highest BCUT2D eigenvalue weighted by molar-refractivity contribution is 6.30. The predicted molar refractivity (Wildman–Crippen MR) is 67.0 cm³/mol. The number of hydrogen-bond donors (Lipinski definition) is 1. The van der Waals surface area contributed by atoms with Gasteiger partial charge in [0.15, 0.2) is 0 Å². The van der Waals surface area contributed by atoms with Crippen molar-refractivity contribution in [3.8, 4) is 11.5 Å². The molecule has 0 atom stereocenters. The second kappa shape index (κ2) is 5.80. The Morgan fingerprint density at radius 1 is 1.24 bits per heavy atom. The largest absolute Gasteiger partial charge is 0.421 e. The molecule has 0 bridgehead atoms. The van der Waals surface area contributed by atoms with E-state index in [4.69, 9.17) is 16.0 Å². The zero-order chi connectivity index (χ0) is 12.1. The molecule has 1 N–H and O–H groups in total. The smallest absolute Gasteiger partial charge is 0.247 e. The maximum Gasteiger partial charge on any atom is 0.247 e. The summed E-state index contributed by atoms with van der Waals surface area (Å²) >= 11 is 5.81. The Morgan fingerprint density at radius 2 is 2.00 bits per heavy atom. The molecule has 0 aliphatic rings. The molecule has 2 rings (SSSR count). The molecule has 0 unspecified atom stereocenters. The van der Waals surface area contributed by atoms with Crippen LogP contribution in [0.4, 0.5) is 0 Å². The number of likely N-dealkylation sites (N-methyl/N-ethyl adjacent to an activating group) is 1. The maximum absolute atomic E-state index is 5.81. The Balaban J connectivity index is 2.04. The summed E-state index contributed by atoms with van der Waals surface area (Å²) < 4.78 is 5.55. The van der Waals surface area contributed by atoms with Gasteiger partial charge in [-0.2, -0.15) is 0 Å². The Bertz CT molecular complexity index is 467. The van der Waals surface area contributed by atoms with E-state index in [1.165, 1.54) is 0 Å². The SMILES string of the molecule is CCNCCc1nnc(-c2ccc(Cl)cc2)o1. The predicted octanol–water partition coefficient (Wildman–Crippen LogP) is 2.54. The van der Waals surface area contributed by atoms with Crippen LogP contribution in [0.15, 0.2) is 28.7 Å². The van der Waals surface area contributed by atoms with Gasteiger partial charge in [-0.3, -0.25) is 0 Å². The van der Waals surface area contributed by atoms with E-state index in [9.17, 15) is 0 Å². The molecule has 2 aromatic rings. The minimum absolute atomic E-state index is 0.535. The number of hydrogen-bond acceptors (Lipinski definition) is 4. The minimum Gasteiger partial charge on any atom is -0.421 e. The first-order chi connectivity index (χ1) is 8.29. The molecular weight excluding hydrogens is 238 g/mol. The van der Waals surface area contributed by atoms with Crippen LogP contribution < -0.4 is 5.32 Å². The summed E-state index contributed by atoms with van der Waals surface area (Å²) in [6.45, 7) is 3.85. The third-order valence-electron chi connectivity index (χ3n) is 2.32. The van der Waals surface area contributed by atoms with Crippen molar-refractivity contribution < 1.29 is 4.42 Å². The summed E-state index contributed by atoms with van der Waals surface area (Å²) in [5.74, 6) is 1.18. The van der Waals surface area contributed by atoms with Crippen molar-refractivity contribution in [3.63, 3.8) is 0 Å². The van der Waals surface area contributed by atoms with Crippen molar-refractivity contribution in [2.45, 2.75) is 13.3 Å². The number of nitrogens with zero attached hydrogens (tertiary/aromatic N) is 2. The summed E-state index contributed by atoms with van der Waals surface area (Å²) in [7, 11) is 0. The summed E-state index contributed by atoms with van der Waals surface area (Å²) in [6, 6.07) is 7.34. The number of halogens is 1. The lowest BCUT2D eigenvalue weighted by atomic mass is 10.2. The van der Waals surface area contributed by atoms with Crippen LogP contribution >= 0.6 is 11.6 Å². The first-order valence-electron chi connectivity index (χ1n) is 5.58. The Morgan fingerprint density at radius 3 is 2.71 bits per heavy atom. The molecule has 0 saturated heterocycles. The van der Waals surface area contributed by atoms with Crippen molar-refractivity contribution in [2.75, 3.05) is 13.1 Å². The fourth-order valence-electron chi connectivity index (χ4n) is 1.44. The van der Waals surface area contributed by atoms with E-state index in [2.05, 4.69) is 22.4 Å². The van der Waals surface area contributed by atoms with E-state index in [1.807, 2.05) is 12.1 Å². The summed E-state index contributed by atoms with van der Waals surface area (Å²) in [5, 5.41) is 11.9. The molecule has 0 aliphatic heterocycles. The van der Waals surface area contributed by atoms with Crippen LogP contribution in [-0.2, 0) is 6.42 Å². The molecule has 0 amide bonds. The molecule has 5 heteroatoms. The van der Waals surface area contributed by atoms with E-state index in [0.29, 0.717) is 16.8 Å². The van der Waals surface area contributed by atoms with Crippen molar-refractivity contribution >= 4 is 11.6 Å². The van der Waals surface area contributed by atoms with Gasteiger partial charge in [0.1, 0.15) is 0 Å². The van der Waals surface area contributed by atoms with Gasteiger partial charge in [0.05, 0.1) is 0 Å². The van der Waals surface area contributed by atoms with Crippen LogP contribution in [-0.4, -0.2) is 23.3 Å². The summed E-state index contributed by atoms with van der Waals surface area (Å²) in [5.41, 5.74) is 0.886. The van der Waals surface area contributed by atoms with Crippen molar-refractivity contribution in [2.24, 2.45) is 0 Å². The molecule has 17 heavy (non-hydrogen) atoms. The van der Waals surface area contributed by atoms with E-state index in [1.54, 1.807) is 12.1 Å². The molecule has 1 heterocycles. The third kappa shape index (κ3) is 3.28. The first kappa shape index (κ1) is 12.1. The highest BCUT2D eigenvalue weighted by atomic mass is 35.5. The van der Waals surface area contributed by atoms with Gasteiger partial charge in [0, 0.05) is 23.6 Å². The third-order valence-corrected chi connectivity index (χ3v) is 2.58. The molecule has 0 fully saturated rings. The van der Waals surface area contributed by atoms with Gasteiger partial charge in [-0.1, -0.05) is 18.5 Å². The molecule has 0 aliphatic carbocycles. The average molecular weight is 252 g/mol. The topological polar surface area (TPSA) is 51.0 Å². The minimum atomic E-state index is 0.535. The zero-order valence-corrected chi connectivity index (χ0v) is 10.4.